The molecule has 1 N–H and O–H groups in total. The zero-order valence-corrected chi connectivity index (χ0v) is 9.75. The third kappa shape index (κ3) is 3.56. The number of nitrogens with one attached hydrogen (secondary N) is 1. The van der Waals surface area contributed by atoms with Gasteiger partial charge in [0.05, 0.1) is 6.61 Å². The SMILES string of the molecule is CNCC(C)N1CCCC(COC)C1. The fraction of sp³-hybridized carbons (Fsp3) is 1.00. The molecule has 0 amide bonds. The number of hydrogen-bond acceptors (Lipinski definition) is 3. The van der Waals surface area contributed by atoms with Crippen LogP contribution in [0.3, 0.4) is 0 Å². The molecular weight excluding hydrogens is 176 g/mol. The Labute approximate surface area is 87.8 Å². The highest BCUT2D eigenvalue weighted by Crippen LogP contribution is 2.18. The first-order valence-corrected chi connectivity index (χ1v) is 5.65. The second-order valence-electron chi connectivity index (χ2n) is 4.37. The van der Waals surface area contributed by atoms with E-state index in [1.54, 1.807) is 7.11 Å². The normalized spacial score (nSPS) is 26.4. The molecule has 0 aromatic carbocycles. The molecule has 84 valence electrons. The molecule has 1 aliphatic heterocycles. The Balaban J connectivity index is 2.31. The summed E-state index contributed by atoms with van der Waals surface area (Å²) in [6.07, 6.45) is 2.65. The van der Waals surface area contributed by atoms with Crippen molar-refractivity contribution in [1.82, 2.24) is 10.2 Å². The number of methoxy groups -OCH3 is 1. The van der Waals surface area contributed by atoms with Crippen LogP contribution in [0, 0.1) is 5.92 Å². The smallest absolute Gasteiger partial charge is 0.0502 e. The molecule has 3 heteroatoms. The van der Waals surface area contributed by atoms with E-state index in [1.165, 1.54) is 25.9 Å². The van der Waals surface area contributed by atoms with Crippen molar-refractivity contribution in [1.29, 1.82) is 0 Å². The number of nitrogens with zero attached hydrogens (tertiary/aromatic N) is 1. The second kappa shape index (κ2) is 6.38. The van der Waals surface area contributed by atoms with Crippen LogP contribution in [0.2, 0.25) is 0 Å². The number of likely N-dealkylation sites (N-methyl/N-ethyl adjacent to an activating group) is 1. The van der Waals surface area contributed by atoms with Crippen LogP contribution in [-0.2, 0) is 4.74 Å². The fourth-order valence-electron chi connectivity index (χ4n) is 2.29. The van der Waals surface area contributed by atoms with Crippen LogP contribution in [0.15, 0.2) is 0 Å². The first-order valence-electron chi connectivity index (χ1n) is 5.65. The zero-order chi connectivity index (χ0) is 10.4. The Hall–Kier alpha value is -0.120. The van der Waals surface area contributed by atoms with Gasteiger partial charge in [0.15, 0.2) is 0 Å². The second-order valence-corrected chi connectivity index (χ2v) is 4.37. The molecule has 1 aliphatic rings. The lowest BCUT2D eigenvalue weighted by Gasteiger charge is -2.36. The van der Waals surface area contributed by atoms with Gasteiger partial charge in [-0.1, -0.05) is 0 Å². The van der Waals surface area contributed by atoms with Crippen molar-refractivity contribution in [2.24, 2.45) is 5.92 Å². The minimum atomic E-state index is 0.652. The first kappa shape index (κ1) is 12.0. The van der Waals surface area contributed by atoms with Gasteiger partial charge in [0.2, 0.25) is 0 Å². The van der Waals surface area contributed by atoms with Crippen LogP contribution in [0.5, 0.6) is 0 Å². The molecule has 1 saturated heterocycles. The van der Waals surface area contributed by atoms with Crippen molar-refractivity contribution in [3.63, 3.8) is 0 Å². The first-order chi connectivity index (χ1) is 6.77. The average Bonchev–Trinajstić information content (AvgIpc) is 2.19. The monoisotopic (exact) mass is 200 g/mol. The van der Waals surface area contributed by atoms with Crippen LogP contribution in [0.4, 0.5) is 0 Å². The number of hydrogen-bond donors (Lipinski definition) is 1. The molecule has 0 saturated carbocycles. The minimum absolute atomic E-state index is 0.652. The molecule has 0 aliphatic carbocycles. The molecule has 0 spiro atoms. The summed E-state index contributed by atoms with van der Waals surface area (Å²) in [6.45, 7) is 6.76. The van der Waals surface area contributed by atoms with Crippen LogP contribution in [0.25, 0.3) is 0 Å². The summed E-state index contributed by atoms with van der Waals surface area (Å²) >= 11 is 0. The Kier molecular flexibility index (Phi) is 5.45. The average molecular weight is 200 g/mol. The van der Waals surface area contributed by atoms with E-state index >= 15 is 0 Å². The highest BCUT2D eigenvalue weighted by atomic mass is 16.5. The molecule has 1 heterocycles. The van der Waals surface area contributed by atoms with Crippen molar-refractivity contribution in [3.8, 4) is 0 Å². The number of ether oxygens (including phenoxy) is 1. The van der Waals surface area contributed by atoms with Crippen LogP contribution in [-0.4, -0.2) is 51.3 Å². The maximum Gasteiger partial charge on any atom is 0.0502 e. The van der Waals surface area contributed by atoms with E-state index in [4.69, 9.17) is 4.74 Å². The lowest BCUT2D eigenvalue weighted by Crippen LogP contribution is -2.46. The summed E-state index contributed by atoms with van der Waals surface area (Å²) in [6, 6.07) is 0.652. The quantitative estimate of drug-likeness (QED) is 0.715. The minimum Gasteiger partial charge on any atom is -0.384 e. The predicted molar refractivity (Wildman–Crippen MR) is 59.6 cm³/mol. The van der Waals surface area contributed by atoms with E-state index in [2.05, 4.69) is 17.1 Å². The standard InChI is InChI=1S/C11H24N2O/c1-10(7-12-2)13-6-4-5-11(8-13)9-14-3/h10-12H,4-9H2,1-3H3. The predicted octanol–water partition coefficient (Wildman–Crippen LogP) is 0.953. The molecule has 1 rings (SSSR count). The van der Waals surface area contributed by atoms with Gasteiger partial charge in [-0.25, -0.2) is 0 Å². The van der Waals surface area contributed by atoms with Crippen LogP contribution >= 0.6 is 0 Å². The molecule has 0 aromatic rings. The van der Waals surface area contributed by atoms with Gasteiger partial charge in [0, 0.05) is 26.2 Å². The van der Waals surface area contributed by atoms with Crippen LogP contribution in [0.1, 0.15) is 19.8 Å². The van der Waals surface area contributed by atoms with E-state index in [0.717, 1.165) is 19.1 Å². The van der Waals surface area contributed by atoms with Gasteiger partial charge in [-0.2, -0.15) is 0 Å². The summed E-state index contributed by atoms with van der Waals surface area (Å²) in [5.74, 6) is 0.744. The third-order valence-corrected chi connectivity index (χ3v) is 3.08. The van der Waals surface area contributed by atoms with Crippen molar-refractivity contribution < 1.29 is 4.74 Å². The summed E-state index contributed by atoms with van der Waals surface area (Å²) < 4.78 is 5.23. The third-order valence-electron chi connectivity index (χ3n) is 3.08. The molecule has 14 heavy (non-hydrogen) atoms. The Morgan fingerprint density at radius 2 is 2.36 bits per heavy atom. The highest BCUT2D eigenvalue weighted by Gasteiger charge is 2.22. The van der Waals surface area contributed by atoms with E-state index in [0.29, 0.717) is 6.04 Å². The van der Waals surface area contributed by atoms with Gasteiger partial charge < -0.3 is 10.1 Å². The van der Waals surface area contributed by atoms with E-state index < -0.39 is 0 Å². The van der Waals surface area contributed by atoms with E-state index in [-0.39, 0.29) is 0 Å². The lowest BCUT2D eigenvalue weighted by molar-refractivity contribution is 0.0726. The van der Waals surface area contributed by atoms with E-state index in [1.807, 2.05) is 7.05 Å². The summed E-state index contributed by atoms with van der Waals surface area (Å²) in [4.78, 5) is 2.57. The van der Waals surface area contributed by atoms with Gasteiger partial charge in [-0.15, -0.1) is 0 Å². The topological polar surface area (TPSA) is 24.5 Å². The van der Waals surface area contributed by atoms with Crippen molar-refractivity contribution >= 4 is 0 Å². The van der Waals surface area contributed by atoms with Gasteiger partial charge in [0.25, 0.3) is 0 Å². The van der Waals surface area contributed by atoms with Gasteiger partial charge >= 0.3 is 0 Å². The lowest BCUT2D eigenvalue weighted by atomic mass is 9.98. The van der Waals surface area contributed by atoms with Gasteiger partial charge in [0.1, 0.15) is 0 Å². The molecule has 3 nitrogen and oxygen atoms in total. The fourth-order valence-corrected chi connectivity index (χ4v) is 2.29. The summed E-state index contributed by atoms with van der Waals surface area (Å²) in [5.41, 5.74) is 0. The Bertz CT molecular complexity index is 146. The van der Waals surface area contributed by atoms with E-state index in [9.17, 15) is 0 Å². The van der Waals surface area contributed by atoms with Crippen molar-refractivity contribution in [3.05, 3.63) is 0 Å². The number of rotatable bonds is 5. The Morgan fingerprint density at radius 1 is 1.57 bits per heavy atom. The largest absolute Gasteiger partial charge is 0.384 e. The molecule has 0 bridgehead atoms. The van der Waals surface area contributed by atoms with Crippen LogP contribution < -0.4 is 5.32 Å². The zero-order valence-electron chi connectivity index (χ0n) is 9.75. The molecule has 0 aromatic heterocycles. The van der Waals surface area contributed by atoms with Gasteiger partial charge in [-0.05, 0) is 39.3 Å². The summed E-state index contributed by atoms with van der Waals surface area (Å²) in [5, 5.41) is 3.24. The summed E-state index contributed by atoms with van der Waals surface area (Å²) in [7, 11) is 3.82. The molecule has 2 unspecified atom stereocenters. The molecule has 1 fully saturated rings. The number of piperidine rings is 1. The molecule has 2 atom stereocenters. The van der Waals surface area contributed by atoms with Crippen molar-refractivity contribution in [2.45, 2.75) is 25.8 Å². The van der Waals surface area contributed by atoms with Crippen molar-refractivity contribution in [2.75, 3.05) is 40.4 Å². The maximum atomic E-state index is 5.23. The molecular formula is C11H24N2O. The number of likely N-dealkylation sites (tertiary alicyclic amines) is 1. The van der Waals surface area contributed by atoms with Gasteiger partial charge in [-0.3, -0.25) is 4.90 Å². The molecule has 0 radical (unpaired) electrons. The maximum absolute atomic E-state index is 5.23. The Morgan fingerprint density at radius 3 is 3.00 bits per heavy atom. The highest BCUT2D eigenvalue weighted by molar-refractivity contribution is 4.77.